The second-order valence-electron chi connectivity index (χ2n) is 4.87. The molecule has 19 heavy (non-hydrogen) atoms. The number of hydrogen-bond acceptors (Lipinski definition) is 3. The molecule has 5 heteroatoms. The molecule has 1 atom stereocenters. The fraction of sp³-hybridized carbons (Fsp3) is 0.500. The Morgan fingerprint density at radius 3 is 2.63 bits per heavy atom. The highest BCUT2D eigenvalue weighted by molar-refractivity contribution is 6.30. The van der Waals surface area contributed by atoms with E-state index in [9.17, 15) is 4.79 Å². The molecule has 0 bridgehead atoms. The smallest absolute Gasteiger partial charge is 0.234 e. The first-order valence-corrected chi connectivity index (χ1v) is 7.01. The van der Waals surface area contributed by atoms with Crippen LogP contribution in [0.2, 0.25) is 5.02 Å². The summed E-state index contributed by atoms with van der Waals surface area (Å²) in [5.74, 6) is 0.0735. The summed E-state index contributed by atoms with van der Waals surface area (Å²) in [6, 6.07) is 7.58. The van der Waals surface area contributed by atoms with Crippen molar-refractivity contribution in [3.63, 3.8) is 0 Å². The molecule has 2 N–H and O–H groups in total. The van der Waals surface area contributed by atoms with Crippen molar-refractivity contribution >= 4 is 17.5 Å². The van der Waals surface area contributed by atoms with Gasteiger partial charge in [0.2, 0.25) is 5.91 Å². The number of carbonyl (C=O) groups is 1. The van der Waals surface area contributed by atoms with E-state index in [2.05, 4.69) is 15.5 Å². The molecule has 0 saturated carbocycles. The molecule has 1 saturated heterocycles. The third-order valence-electron chi connectivity index (χ3n) is 3.32. The number of benzene rings is 1. The lowest BCUT2D eigenvalue weighted by Crippen LogP contribution is -2.47. The highest BCUT2D eigenvalue weighted by Crippen LogP contribution is 2.15. The highest BCUT2D eigenvalue weighted by Gasteiger charge is 2.15. The fourth-order valence-electron chi connectivity index (χ4n) is 2.19. The second kappa shape index (κ2) is 6.89. The topological polar surface area (TPSA) is 44.4 Å². The summed E-state index contributed by atoms with van der Waals surface area (Å²) in [5.41, 5.74) is 1.07. The largest absolute Gasteiger partial charge is 0.348 e. The Hall–Kier alpha value is -1.10. The van der Waals surface area contributed by atoms with Crippen LogP contribution in [-0.2, 0) is 4.79 Å². The Balaban J connectivity index is 1.82. The zero-order valence-corrected chi connectivity index (χ0v) is 11.9. The van der Waals surface area contributed by atoms with E-state index in [0.29, 0.717) is 11.6 Å². The number of halogens is 1. The van der Waals surface area contributed by atoms with Gasteiger partial charge in [-0.15, -0.1) is 0 Å². The van der Waals surface area contributed by atoms with Crippen LogP contribution < -0.4 is 10.6 Å². The van der Waals surface area contributed by atoms with E-state index < -0.39 is 0 Å². The van der Waals surface area contributed by atoms with Gasteiger partial charge in [-0.3, -0.25) is 9.69 Å². The number of nitrogens with one attached hydrogen (secondary N) is 2. The molecule has 1 fully saturated rings. The van der Waals surface area contributed by atoms with Gasteiger partial charge in [-0.25, -0.2) is 0 Å². The van der Waals surface area contributed by atoms with Gasteiger partial charge in [0, 0.05) is 31.2 Å². The normalized spacial score (nSPS) is 18.0. The molecule has 1 aliphatic rings. The van der Waals surface area contributed by atoms with Crippen molar-refractivity contribution in [3.8, 4) is 0 Å². The lowest BCUT2D eigenvalue weighted by atomic mass is 10.1. The Kier molecular flexibility index (Phi) is 5.19. The minimum Gasteiger partial charge on any atom is -0.348 e. The number of carbonyl (C=O) groups excluding carboxylic acids is 1. The van der Waals surface area contributed by atoms with Crippen LogP contribution in [0.3, 0.4) is 0 Å². The van der Waals surface area contributed by atoms with Gasteiger partial charge in [0.25, 0.3) is 0 Å². The SMILES string of the molecule is C[C@H](NC(=O)CN1CCNCC1)c1ccc(Cl)cc1. The molecule has 0 spiro atoms. The van der Waals surface area contributed by atoms with Crippen LogP contribution in [-0.4, -0.2) is 43.5 Å². The molecule has 1 amide bonds. The first kappa shape index (κ1) is 14.3. The molecule has 1 aromatic rings. The zero-order valence-electron chi connectivity index (χ0n) is 11.2. The number of piperazine rings is 1. The third-order valence-corrected chi connectivity index (χ3v) is 3.58. The van der Waals surface area contributed by atoms with Crippen LogP contribution in [0.1, 0.15) is 18.5 Å². The van der Waals surface area contributed by atoms with Crippen molar-refractivity contribution in [1.82, 2.24) is 15.5 Å². The van der Waals surface area contributed by atoms with Gasteiger partial charge in [-0.05, 0) is 24.6 Å². The minimum absolute atomic E-state index is 0.00711. The maximum Gasteiger partial charge on any atom is 0.234 e. The van der Waals surface area contributed by atoms with E-state index >= 15 is 0 Å². The van der Waals surface area contributed by atoms with E-state index in [1.54, 1.807) is 0 Å². The van der Waals surface area contributed by atoms with Crippen LogP contribution in [0.4, 0.5) is 0 Å². The Bertz CT molecular complexity index is 415. The molecule has 0 radical (unpaired) electrons. The maximum absolute atomic E-state index is 12.0. The van der Waals surface area contributed by atoms with E-state index in [-0.39, 0.29) is 11.9 Å². The minimum atomic E-state index is 0.00711. The van der Waals surface area contributed by atoms with E-state index in [1.165, 1.54) is 0 Å². The summed E-state index contributed by atoms with van der Waals surface area (Å²) in [4.78, 5) is 14.1. The van der Waals surface area contributed by atoms with Gasteiger partial charge in [0.05, 0.1) is 12.6 Å². The standard InChI is InChI=1S/C14H20ClN3O/c1-11(12-2-4-13(15)5-3-12)17-14(19)10-18-8-6-16-7-9-18/h2-5,11,16H,6-10H2,1H3,(H,17,19)/t11-/m0/s1. The predicted molar refractivity (Wildman–Crippen MR) is 77.3 cm³/mol. The zero-order chi connectivity index (χ0) is 13.7. The van der Waals surface area contributed by atoms with Gasteiger partial charge >= 0.3 is 0 Å². The monoisotopic (exact) mass is 281 g/mol. The molecule has 1 aliphatic heterocycles. The lowest BCUT2D eigenvalue weighted by molar-refractivity contribution is -0.123. The van der Waals surface area contributed by atoms with Gasteiger partial charge in [-0.2, -0.15) is 0 Å². The van der Waals surface area contributed by atoms with Crippen molar-refractivity contribution in [1.29, 1.82) is 0 Å². The van der Waals surface area contributed by atoms with Crippen LogP contribution in [0.15, 0.2) is 24.3 Å². The maximum atomic E-state index is 12.0. The predicted octanol–water partition coefficient (Wildman–Crippen LogP) is 1.42. The number of nitrogens with zero attached hydrogens (tertiary/aromatic N) is 1. The fourth-order valence-corrected chi connectivity index (χ4v) is 2.32. The van der Waals surface area contributed by atoms with Crippen LogP contribution in [0.5, 0.6) is 0 Å². The molecule has 0 unspecified atom stereocenters. The van der Waals surface area contributed by atoms with Crippen molar-refractivity contribution in [3.05, 3.63) is 34.9 Å². The van der Waals surface area contributed by atoms with Gasteiger partial charge in [-0.1, -0.05) is 23.7 Å². The van der Waals surface area contributed by atoms with E-state index in [1.807, 2.05) is 31.2 Å². The summed E-state index contributed by atoms with van der Waals surface area (Å²) < 4.78 is 0. The van der Waals surface area contributed by atoms with Crippen molar-refractivity contribution in [2.75, 3.05) is 32.7 Å². The molecule has 1 aromatic carbocycles. The first-order chi connectivity index (χ1) is 9.15. The van der Waals surface area contributed by atoms with Crippen molar-refractivity contribution in [2.24, 2.45) is 0 Å². The van der Waals surface area contributed by atoms with Crippen LogP contribution in [0, 0.1) is 0 Å². The van der Waals surface area contributed by atoms with Gasteiger partial charge < -0.3 is 10.6 Å². The molecular weight excluding hydrogens is 262 g/mol. The second-order valence-corrected chi connectivity index (χ2v) is 5.30. The molecule has 2 rings (SSSR count). The lowest BCUT2D eigenvalue weighted by Gasteiger charge is -2.27. The molecule has 0 aliphatic carbocycles. The number of hydrogen-bond donors (Lipinski definition) is 2. The Morgan fingerprint density at radius 2 is 2.00 bits per heavy atom. The van der Waals surface area contributed by atoms with Crippen LogP contribution in [0.25, 0.3) is 0 Å². The van der Waals surface area contributed by atoms with Gasteiger partial charge in [0.1, 0.15) is 0 Å². The van der Waals surface area contributed by atoms with Crippen LogP contribution >= 0.6 is 11.6 Å². The quantitative estimate of drug-likeness (QED) is 0.877. The average Bonchev–Trinajstić information content (AvgIpc) is 2.40. The van der Waals surface area contributed by atoms with Crippen molar-refractivity contribution < 1.29 is 4.79 Å². The number of amides is 1. The van der Waals surface area contributed by atoms with E-state index in [0.717, 1.165) is 31.7 Å². The molecule has 4 nitrogen and oxygen atoms in total. The summed E-state index contributed by atoms with van der Waals surface area (Å²) in [5, 5.41) is 7.00. The third kappa shape index (κ3) is 4.49. The summed E-state index contributed by atoms with van der Waals surface area (Å²) in [7, 11) is 0. The van der Waals surface area contributed by atoms with E-state index in [4.69, 9.17) is 11.6 Å². The summed E-state index contributed by atoms with van der Waals surface area (Å²) in [6.45, 7) is 6.24. The molecule has 0 aromatic heterocycles. The molecular formula is C14H20ClN3O. The molecule has 1 heterocycles. The van der Waals surface area contributed by atoms with Gasteiger partial charge in [0.15, 0.2) is 0 Å². The Morgan fingerprint density at radius 1 is 1.37 bits per heavy atom. The molecule has 104 valence electrons. The number of rotatable bonds is 4. The average molecular weight is 282 g/mol. The highest BCUT2D eigenvalue weighted by atomic mass is 35.5. The summed E-state index contributed by atoms with van der Waals surface area (Å²) in [6.07, 6.45) is 0. The Labute approximate surface area is 119 Å². The van der Waals surface area contributed by atoms with Crippen molar-refractivity contribution in [2.45, 2.75) is 13.0 Å². The first-order valence-electron chi connectivity index (χ1n) is 6.63. The summed E-state index contributed by atoms with van der Waals surface area (Å²) >= 11 is 5.85.